The van der Waals surface area contributed by atoms with Crippen LogP contribution in [-0.2, 0) is 21.4 Å². The highest BCUT2D eigenvalue weighted by atomic mass is 32.2. The zero-order valence-electron chi connectivity index (χ0n) is 17.6. The van der Waals surface area contributed by atoms with Gasteiger partial charge in [0.1, 0.15) is 29.0 Å². The standard InChI is InChI=1S/C20H21F2N5O4S2/c1-33(30,31)25-8-2-4-13(11-25)19-24-26(20(29)27(19)18-5-3-9-32-18)12-17(28)23-16-7-6-14(21)10-15(16)22/h3,5-7,9-10,13H,2,4,8,11-12H2,1H3,(H,23,28). The number of benzene rings is 1. The van der Waals surface area contributed by atoms with Crippen LogP contribution in [0.25, 0.3) is 5.00 Å². The van der Waals surface area contributed by atoms with Crippen molar-refractivity contribution in [1.82, 2.24) is 18.7 Å². The summed E-state index contributed by atoms with van der Waals surface area (Å²) >= 11 is 1.30. The Hall–Kier alpha value is -2.90. The maximum Gasteiger partial charge on any atom is 0.351 e. The van der Waals surface area contributed by atoms with Gasteiger partial charge in [0.2, 0.25) is 15.9 Å². The Bertz CT molecular complexity index is 1330. The van der Waals surface area contributed by atoms with Gasteiger partial charge in [0.15, 0.2) is 0 Å². The molecule has 3 aromatic rings. The molecule has 1 atom stereocenters. The van der Waals surface area contributed by atoms with Crippen molar-refractivity contribution in [3.8, 4) is 5.00 Å². The minimum Gasteiger partial charge on any atom is -0.322 e. The number of nitrogens with zero attached hydrogens (tertiary/aromatic N) is 4. The fraction of sp³-hybridized carbons (Fsp3) is 0.350. The second-order valence-corrected chi connectivity index (χ2v) is 10.6. The van der Waals surface area contributed by atoms with E-state index in [9.17, 15) is 26.8 Å². The molecule has 1 amide bonds. The van der Waals surface area contributed by atoms with Crippen molar-refractivity contribution >= 4 is 33.0 Å². The van der Waals surface area contributed by atoms with Gasteiger partial charge in [0.05, 0.1) is 11.9 Å². The molecule has 33 heavy (non-hydrogen) atoms. The molecule has 0 aliphatic carbocycles. The van der Waals surface area contributed by atoms with E-state index < -0.39 is 39.8 Å². The van der Waals surface area contributed by atoms with E-state index in [1.165, 1.54) is 20.2 Å². The predicted molar refractivity (Wildman–Crippen MR) is 119 cm³/mol. The van der Waals surface area contributed by atoms with Crippen LogP contribution in [0.2, 0.25) is 0 Å². The lowest BCUT2D eigenvalue weighted by Crippen LogP contribution is -2.39. The molecule has 1 aliphatic heterocycles. The molecule has 3 heterocycles. The average Bonchev–Trinajstić information content (AvgIpc) is 3.38. The molecule has 2 aromatic heterocycles. The monoisotopic (exact) mass is 497 g/mol. The SMILES string of the molecule is CS(=O)(=O)N1CCCC(c2nn(CC(=O)Nc3ccc(F)cc3F)c(=O)n2-c2cccs2)C1. The predicted octanol–water partition coefficient (Wildman–Crippen LogP) is 2.15. The summed E-state index contributed by atoms with van der Waals surface area (Å²) in [4.78, 5) is 25.6. The van der Waals surface area contributed by atoms with Crippen LogP contribution in [0.4, 0.5) is 14.5 Å². The molecule has 9 nitrogen and oxygen atoms in total. The molecule has 13 heteroatoms. The fourth-order valence-corrected chi connectivity index (χ4v) is 5.41. The molecular weight excluding hydrogens is 476 g/mol. The molecule has 1 saturated heterocycles. The summed E-state index contributed by atoms with van der Waals surface area (Å²) in [5, 5.41) is 9.04. The third-order valence-electron chi connectivity index (χ3n) is 5.31. The minimum absolute atomic E-state index is 0.174. The maximum atomic E-state index is 13.9. The van der Waals surface area contributed by atoms with Gasteiger partial charge < -0.3 is 5.32 Å². The zero-order valence-corrected chi connectivity index (χ0v) is 19.2. The highest BCUT2D eigenvalue weighted by molar-refractivity contribution is 7.88. The van der Waals surface area contributed by atoms with E-state index in [1.54, 1.807) is 17.5 Å². The first-order valence-electron chi connectivity index (χ1n) is 10.1. The van der Waals surface area contributed by atoms with Gasteiger partial charge in [-0.15, -0.1) is 11.3 Å². The number of thiophene rings is 1. The number of nitrogens with one attached hydrogen (secondary N) is 1. The maximum absolute atomic E-state index is 13.9. The Morgan fingerprint density at radius 1 is 1.30 bits per heavy atom. The molecule has 1 aromatic carbocycles. The van der Waals surface area contributed by atoms with Gasteiger partial charge in [-0.3, -0.25) is 4.79 Å². The Morgan fingerprint density at radius 3 is 2.76 bits per heavy atom. The molecule has 4 rings (SSSR count). The molecule has 0 saturated carbocycles. The van der Waals surface area contributed by atoms with Gasteiger partial charge in [-0.05, 0) is 42.5 Å². The van der Waals surface area contributed by atoms with Crippen molar-refractivity contribution in [1.29, 1.82) is 0 Å². The van der Waals surface area contributed by atoms with Crippen LogP contribution < -0.4 is 11.0 Å². The van der Waals surface area contributed by atoms with E-state index in [2.05, 4.69) is 10.4 Å². The smallest absolute Gasteiger partial charge is 0.322 e. The number of carbonyl (C=O) groups is 1. The first-order chi connectivity index (χ1) is 15.6. The fourth-order valence-electron chi connectivity index (χ4n) is 3.77. The van der Waals surface area contributed by atoms with Crippen LogP contribution in [0.15, 0.2) is 40.5 Å². The van der Waals surface area contributed by atoms with Crippen molar-refractivity contribution in [2.45, 2.75) is 25.3 Å². The number of hydrogen-bond donors (Lipinski definition) is 1. The van der Waals surface area contributed by atoms with Crippen molar-refractivity contribution in [3.05, 3.63) is 63.7 Å². The number of amides is 1. The molecule has 1 N–H and O–H groups in total. The van der Waals surface area contributed by atoms with Crippen LogP contribution >= 0.6 is 11.3 Å². The van der Waals surface area contributed by atoms with Gasteiger partial charge in [0, 0.05) is 25.1 Å². The van der Waals surface area contributed by atoms with Crippen LogP contribution in [0.5, 0.6) is 0 Å². The Kier molecular flexibility index (Phi) is 6.45. The summed E-state index contributed by atoms with van der Waals surface area (Å²) in [6, 6.07) is 6.23. The van der Waals surface area contributed by atoms with E-state index in [0.717, 1.165) is 23.1 Å². The second-order valence-electron chi connectivity index (χ2n) is 7.72. The number of anilines is 1. The van der Waals surface area contributed by atoms with Gasteiger partial charge in [-0.2, -0.15) is 5.10 Å². The summed E-state index contributed by atoms with van der Waals surface area (Å²) in [6.07, 6.45) is 2.37. The molecule has 1 fully saturated rings. The van der Waals surface area contributed by atoms with Crippen molar-refractivity contribution in [2.75, 3.05) is 24.7 Å². The van der Waals surface area contributed by atoms with Crippen LogP contribution in [-0.4, -0.2) is 52.3 Å². The third-order valence-corrected chi connectivity index (χ3v) is 7.43. The minimum atomic E-state index is -3.41. The van der Waals surface area contributed by atoms with E-state index in [4.69, 9.17) is 0 Å². The second kappa shape index (κ2) is 9.15. The quantitative estimate of drug-likeness (QED) is 0.562. The number of piperidine rings is 1. The molecule has 0 spiro atoms. The van der Waals surface area contributed by atoms with Crippen molar-refractivity contribution in [3.63, 3.8) is 0 Å². The molecule has 0 bridgehead atoms. The van der Waals surface area contributed by atoms with Gasteiger partial charge in [0.25, 0.3) is 0 Å². The van der Waals surface area contributed by atoms with E-state index >= 15 is 0 Å². The first kappa shape index (κ1) is 23.3. The normalized spacial score (nSPS) is 17.2. The van der Waals surface area contributed by atoms with Crippen LogP contribution in [0.1, 0.15) is 24.6 Å². The number of rotatable bonds is 6. The van der Waals surface area contributed by atoms with Gasteiger partial charge in [-0.25, -0.2) is 35.5 Å². The highest BCUT2D eigenvalue weighted by Crippen LogP contribution is 2.28. The van der Waals surface area contributed by atoms with Gasteiger partial charge >= 0.3 is 5.69 Å². The molecule has 1 unspecified atom stereocenters. The highest BCUT2D eigenvalue weighted by Gasteiger charge is 2.32. The Balaban J connectivity index is 1.64. The van der Waals surface area contributed by atoms with E-state index in [-0.39, 0.29) is 18.2 Å². The topological polar surface area (TPSA) is 106 Å². The number of sulfonamides is 1. The summed E-state index contributed by atoms with van der Waals surface area (Å²) < 4.78 is 54.7. The van der Waals surface area contributed by atoms with Gasteiger partial charge in [-0.1, -0.05) is 0 Å². The molecule has 0 radical (unpaired) electrons. The largest absolute Gasteiger partial charge is 0.351 e. The molecule has 176 valence electrons. The summed E-state index contributed by atoms with van der Waals surface area (Å²) in [7, 11) is -3.41. The number of hydrogen-bond acceptors (Lipinski definition) is 6. The van der Waals surface area contributed by atoms with Crippen molar-refractivity contribution in [2.24, 2.45) is 0 Å². The van der Waals surface area contributed by atoms with Crippen LogP contribution in [0.3, 0.4) is 0 Å². The third kappa shape index (κ3) is 5.04. The van der Waals surface area contributed by atoms with Crippen LogP contribution in [0, 0.1) is 11.6 Å². The summed E-state index contributed by atoms with van der Waals surface area (Å²) in [6.45, 7) is 0.0715. The number of aromatic nitrogens is 3. The molecular formula is C20H21F2N5O4S2. The summed E-state index contributed by atoms with van der Waals surface area (Å²) in [5.41, 5.74) is -0.790. The van der Waals surface area contributed by atoms with E-state index in [1.807, 2.05) is 0 Å². The lowest BCUT2D eigenvalue weighted by molar-refractivity contribution is -0.117. The molecule has 1 aliphatic rings. The van der Waals surface area contributed by atoms with Crippen molar-refractivity contribution < 1.29 is 22.0 Å². The zero-order chi connectivity index (χ0) is 23.8. The number of carbonyl (C=O) groups excluding carboxylic acids is 1. The lowest BCUT2D eigenvalue weighted by Gasteiger charge is -2.30. The summed E-state index contributed by atoms with van der Waals surface area (Å²) in [5.74, 6) is -2.43. The average molecular weight is 498 g/mol. The number of halogens is 2. The Morgan fingerprint density at radius 2 is 2.09 bits per heavy atom. The van der Waals surface area contributed by atoms with E-state index in [0.29, 0.717) is 36.3 Å². The Labute approximate surface area is 192 Å². The first-order valence-corrected chi connectivity index (χ1v) is 12.8. The lowest BCUT2D eigenvalue weighted by atomic mass is 9.99.